The van der Waals surface area contributed by atoms with Crippen LogP contribution in [-0.4, -0.2) is 202 Å². The van der Waals surface area contributed by atoms with Gasteiger partial charge >= 0.3 is 22.1 Å². The number of methoxy groups -OCH3 is 2. The molecule has 28 nitrogen and oxygen atoms in total. The molecule has 3 fully saturated rings. The summed E-state index contributed by atoms with van der Waals surface area (Å²) in [5.41, 5.74) is 7.17. The second-order valence-electron chi connectivity index (χ2n) is 36.8. The van der Waals surface area contributed by atoms with Crippen LogP contribution in [0.15, 0.2) is 169 Å². The van der Waals surface area contributed by atoms with Gasteiger partial charge < -0.3 is 71.0 Å². The van der Waals surface area contributed by atoms with Crippen molar-refractivity contribution in [3.63, 3.8) is 0 Å². The van der Waals surface area contributed by atoms with Crippen molar-refractivity contribution in [2.75, 3.05) is 173 Å². The Hall–Kier alpha value is -9.28. The SMILES string of the molecule is CCCCC(CC)COc1ccc(N2CCCCC2)cc1.CCCCCCCCCCC(Oc1ccc(N2CCCCC2)cc1)C(=O)OC.CCCCCCCCCCCCS(=O)(=O)Nc1ccc(C)cc1.CCCCS(=O)(=O)Nc1ccc(OC(C)C(=O)OC)cc1.Cc1cccc(OS(=O)(=O)c2ccc(NS(C)(=O)=O)cc2)c1.c1cc2c(cc1N1CCCCC1)OCCOCCOCCOCCOCCO2. The first-order chi connectivity index (χ1) is 69.1. The molecule has 4 heterocycles. The zero-order chi connectivity index (χ0) is 103. The smallest absolute Gasteiger partial charge is 0.347 e. The van der Waals surface area contributed by atoms with E-state index in [9.17, 15) is 43.3 Å². The van der Waals surface area contributed by atoms with Gasteiger partial charge in [-0.15, -0.1) is 0 Å². The number of esters is 2. The quantitative estimate of drug-likeness (QED) is 0.0181. The zero-order valence-electron chi connectivity index (χ0n) is 87.8. The number of unbranched alkanes of at least 4 members (excludes halogenated alkanes) is 18. The minimum atomic E-state index is -3.97. The molecule has 32 heteroatoms. The normalized spacial score (nSPS) is 15.2. The highest BCUT2D eigenvalue weighted by atomic mass is 32.2. The van der Waals surface area contributed by atoms with Crippen LogP contribution in [0.1, 0.15) is 271 Å². The second-order valence-corrected chi connectivity index (χ2v) is 43.8. The van der Waals surface area contributed by atoms with Gasteiger partial charge in [-0.1, -0.05) is 193 Å². The molecule has 802 valence electrons. The Balaban J connectivity index is 0.000000264. The van der Waals surface area contributed by atoms with Crippen LogP contribution in [0.25, 0.3) is 0 Å². The molecule has 0 radical (unpaired) electrons. The molecule has 0 amide bonds. The van der Waals surface area contributed by atoms with Gasteiger partial charge in [0.25, 0.3) is 0 Å². The highest BCUT2D eigenvalue weighted by Crippen LogP contribution is 2.35. The summed E-state index contributed by atoms with van der Waals surface area (Å²) in [6.07, 6.45) is 40.8. The molecule has 3 N–H and O–H groups in total. The Labute approximate surface area is 859 Å². The van der Waals surface area contributed by atoms with E-state index in [0.29, 0.717) is 95.5 Å². The summed E-state index contributed by atoms with van der Waals surface area (Å²) >= 11 is 0. The summed E-state index contributed by atoms with van der Waals surface area (Å²) in [5.74, 6) is 4.22. The number of hydrogen-bond donors (Lipinski definition) is 3. The molecule has 0 aromatic heterocycles. The van der Waals surface area contributed by atoms with E-state index >= 15 is 0 Å². The van der Waals surface area contributed by atoms with E-state index in [1.807, 2.05) is 69.3 Å². The lowest BCUT2D eigenvalue weighted by Crippen LogP contribution is -2.29. The molecule has 0 bridgehead atoms. The molecule has 3 saturated heterocycles. The number of ether oxygens (including phenoxy) is 11. The predicted molar refractivity (Wildman–Crippen MR) is 579 cm³/mol. The predicted octanol–water partition coefficient (Wildman–Crippen LogP) is 23.9. The lowest BCUT2D eigenvalue weighted by Gasteiger charge is -2.29. The molecule has 3 unspecified atom stereocenters. The molecule has 3 atom stereocenters. The maximum atomic E-state index is 12.1. The molecular formula is C111H172N6O22S4. The lowest BCUT2D eigenvalue weighted by molar-refractivity contribution is -0.149. The van der Waals surface area contributed by atoms with Crippen molar-refractivity contribution in [2.24, 2.45) is 5.92 Å². The van der Waals surface area contributed by atoms with E-state index in [1.54, 1.807) is 49.4 Å². The standard InChI is InChI=1S/C24H39NO3.C21H33NO6.C19H33NO2S.C19H31NO.C14H15NO5S2.C14H21NO5S/c1-3-4-5-6-7-8-9-11-14-23(24(26)27-2)28-22-17-15-21(16-18-22)25-19-12-10-13-20-25;1-2-6-22(7-3-1)19-4-5-20-21(18-19)28-17-15-26-13-11-24-9-8-23-10-12-25-14-16-27-20;1-3-4-5-6-7-8-9-10-11-12-17-23(21,22)20-19-15-13-18(2)14-16-19;1-3-5-9-17(4-2)16-21-19-12-10-18(11-13-19)20-14-7-6-8-15-20;1-11-4-3-5-13(10-11)20-22(18,19)14-8-6-12(7-9-14)15-21(2,16)17;1-4-5-10-21(17,18)15-12-6-8-13(9-7-12)20-11(2)14(16)19-3/h15-18,23H,3-14,19-20H2,1-2H3;4-5,18H,1-3,6-17H2;13-16,20H,3-12,17H2,1-2H3;10-13,17H,3-9,14-16H2,1-2H3;3-10,15H,1-2H3;6-9,11,15H,4-5,10H2,1-3H3. The van der Waals surface area contributed by atoms with Crippen LogP contribution in [0.4, 0.5) is 34.1 Å². The maximum absolute atomic E-state index is 12.1. The van der Waals surface area contributed by atoms with Crippen LogP contribution in [0.3, 0.4) is 0 Å². The number of carbonyl (C=O) groups excluding carboxylic acids is 2. The molecule has 0 saturated carbocycles. The van der Waals surface area contributed by atoms with Crippen molar-refractivity contribution in [3.8, 4) is 34.5 Å². The number of rotatable bonds is 48. The van der Waals surface area contributed by atoms with Crippen molar-refractivity contribution < 1.29 is 99.5 Å². The first-order valence-corrected chi connectivity index (χ1v) is 59.2. The molecule has 0 spiro atoms. The topological polar surface area (TPSA) is 327 Å². The van der Waals surface area contributed by atoms with Gasteiger partial charge in [0.2, 0.25) is 30.1 Å². The number of carbonyl (C=O) groups is 2. The lowest BCUT2D eigenvalue weighted by atomic mass is 10.0. The van der Waals surface area contributed by atoms with Gasteiger partial charge in [-0.05, 0) is 256 Å². The molecule has 7 aromatic rings. The summed E-state index contributed by atoms with van der Waals surface area (Å²) in [7, 11) is -11.2. The fraction of sp³-hybridized carbons (Fsp3) is 0.604. The van der Waals surface area contributed by atoms with Crippen molar-refractivity contribution >= 4 is 86.3 Å². The van der Waals surface area contributed by atoms with Crippen molar-refractivity contribution in [1.29, 1.82) is 0 Å². The van der Waals surface area contributed by atoms with Gasteiger partial charge in [0, 0.05) is 79.5 Å². The Kier molecular flexibility index (Phi) is 61.7. The van der Waals surface area contributed by atoms with Gasteiger partial charge in [-0.2, -0.15) is 8.42 Å². The minimum Gasteiger partial charge on any atom is -0.493 e. The third-order valence-corrected chi connectivity index (χ3v) is 29.0. The van der Waals surface area contributed by atoms with Crippen molar-refractivity contribution in [1.82, 2.24) is 0 Å². The molecule has 0 aliphatic carbocycles. The monoisotopic (exact) mass is 2070 g/mol. The molecule has 4 aliphatic heterocycles. The number of nitrogens with one attached hydrogen (secondary N) is 3. The number of hydrogen-bond acceptors (Lipinski definition) is 25. The summed E-state index contributed by atoms with van der Waals surface area (Å²) in [4.78, 5) is 30.6. The van der Waals surface area contributed by atoms with Crippen LogP contribution in [0.2, 0.25) is 0 Å². The second kappa shape index (κ2) is 72.1. The molecule has 11 rings (SSSR count). The van der Waals surface area contributed by atoms with Gasteiger partial charge in [-0.25, -0.2) is 34.8 Å². The van der Waals surface area contributed by atoms with Crippen LogP contribution >= 0.6 is 0 Å². The van der Waals surface area contributed by atoms with Crippen molar-refractivity contribution in [3.05, 3.63) is 175 Å². The largest absolute Gasteiger partial charge is 0.493 e. The summed E-state index contributed by atoms with van der Waals surface area (Å²) in [6.45, 7) is 29.3. The first kappa shape index (κ1) is 122. The summed E-state index contributed by atoms with van der Waals surface area (Å²) in [5, 5.41) is 0. The zero-order valence-corrected chi connectivity index (χ0v) is 91.0. The average Bonchev–Trinajstić information content (AvgIpc) is 0.811. The molecule has 7 aromatic carbocycles. The Bertz CT molecular complexity index is 5010. The van der Waals surface area contributed by atoms with Gasteiger partial charge in [0.1, 0.15) is 41.1 Å². The van der Waals surface area contributed by atoms with E-state index in [1.165, 1.54) is 236 Å². The first-order valence-electron chi connectivity index (χ1n) is 52.6. The van der Waals surface area contributed by atoms with Crippen LogP contribution in [-0.2, 0) is 78.2 Å². The Morgan fingerprint density at radius 2 is 0.769 bits per heavy atom. The number of sulfonamides is 3. The molecule has 4 aliphatic rings. The highest BCUT2D eigenvalue weighted by Gasteiger charge is 2.25. The van der Waals surface area contributed by atoms with Crippen LogP contribution < -0.4 is 56.7 Å². The molecular weight excluding hydrogens is 1900 g/mol. The number of fused-ring (bicyclic) bond motifs is 1. The fourth-order valence-electron chi connectivity index (χ4n) is 16.1. The van der Waals surface area contributed by atoms with Gasteiger partial charge in [-0.3, -0.25) is 14.2 Å². The number of anilines is 6. The van der Waals surface area contributed by atoms with E-state index in [2.05, 4.69) is 110 Å². The minimum absolute atomic E-state index is 0.0620. The van der Waals surface area contributed by atoms with E-state index in [0.717, 1.165) is 118 Å². The average molecular weight is 2070 g/mol. The van der Waals surface area contributed by atoms with Gasteiger partial charge in [0.15, 0.2) is 23.7 Å². The van der Waals surface area contributed by atoms with E-state index in [-0.39, 0.29) is 33.8 Å². The van der Waals surface area contributed by atoms with Crippen LogP contribution in [0.5, 0.6) is 34.5 Å². The number of nitrogens with zero attached hydrogens (tertiary/aromatic N) is 3. The maximum Gasteiger partial charge on any atom is 0.347 e. The van der Waals surface area contributed by atoms with Crippen LogP contribution in [0, 0.1) is 19.8 Å². The van der Waals surface area contributed by atoms with E-state index < -0.39 is 58.4 Å². The Morgan fingerprint density at radius 1 is 0.371 bits per heavy atom. The third kappa shape index (κ3) is 54.6. The summed E-state index contributed by atoms with van der Waals surface area (Å²) < 4.78 is 167. The third-order valence-electron chi connectivity index (χ3n) is 24.4. The Morgan fingerprint density at radius 3 is 1.23 bits per heavy atom. The van der Waals surface area contributed by atoms with Crippen molar-refractivity contribution in [2.45, 2.75) is 291 Å². The van der Waals surface area contributed by atoms with Gasteiger partial charge in [0.05, 0.1) is 91.4 Å². The highest BCUT2D eigenvalue weighted by molar-refractivity contribution is 7.93. The number of piperidine rings is 3. The van der Waals surface area contributed by atoms with E-state index in [4.69, 9.17) is 51.6 Å². The number of aryl methyl sites for hydroxylation is 2. The fourth-order valence-corrected chi connectivity index (χ4v) is 20.0. The molecule has 143 heavy (non-hydrogen) atoms. The number of benzene rings is 7. The summed E-state index contributed by atoms with van der Waals surface area (Å²) in [6, 6.07) is 48.8.